The summed E-state index contributed by atoms with van der Waals surface area (Å²) in [6, 6.07) is 15.4. The molecule has 0 amide bonds. The number of aliphatic carboxylic acids is 1. The molecule has 2 aliphatic rings. The third kappa shape index (κ3) is 4.39. The Morgan fingerprint density at radius 3 is 2.79 bits per heavy atom. The van der Waals surface area contributed by atoms with E-state index in [1.54, 1.807) is 0 Å². The van der Waals surface area contributed by atoms with E-state index in [0.717, 1.165) is 49.8 Å². The Hall–Kier alpha value is -1.91. The third-order valence-electron chi connectivity index (χ3n) is 5.96. The molecule has 0 bridgehead atoms. The fourth-order valence-corrected chi connectivity index (χ4v) is 5.00. The second-order valence-electron chi connectivity index (χ2n) is 7.92. The number of carboxylic acids is 1. The zero-order valence-electron chi connectivity index (χ0n) is 16.0. The molecule has 3 nitrogen and oxygen atoms in total. The molecule has 28 heavy (non-hydrogen) atoms. The maximum Gasteiger partial charge on any atom is 0.303 e. The van der Waals surface area contributed by atoms with Crippen molar-refractivity contribution in [3.63, 3.8) is 0 Å². The number of aryl methyl sites for hydroxylation is 2. The Morgan fingerprint density at radius 2 is 1.93 bits per heavy atom. The van der Waals surface area contributed by atoms with E-state index in [4.69, 9.17) is 5.11 Å². The number of fused-ring (bicyclic) bond motifs is 2. The molecule has 2 aromatic carbocycles. The molecule has 4 rings (SSSR count). The van der Waals surface area contributed by atoms with E-state index in [-0.39, 0.29) is 0 Å². The van der Waals surface area contributed by atoms with Gasteiger partial charge in [-0.2, -0.15) is 0 Å². The van der Waals surface area contributed by atoms with Crippen LogP contribution in [0.2, 0.25) is 0 Å². The van der Waals surface area contributed by atoms with Crippen molar-refractivity contribution in [2.45, 2.75) is 32.1 Å². The van der Waals surface area contributed by atoms with E-state index < -0.39 is 5.97 Å². The molecule has 0 saturated carbocycles. The highest BCUT2D eigenvalue weighted by Gasteiger charge is 2.24. The summed E-state index contributed by atoms with van der Waals surface area (Å²) >= 11 is 3.62. The molecule has 0 aromatic heterocycles. The van der Waals surface area contributed by atoms with Crippen LogP contribution in [0, 0.1) is 5.92 Å². The molecule has 4 heteroatoms. The molecule has 1 N–H and O–H groups in total. The lowest BCUT2D eigenvalue weighted by Gasteiger charge is -2.16. The summed E-state index contributed by atoms with van der Waals surface area (Å²) in [7, 11) is 0. The van der Waals surface area contributed by atoms with E-state index in [9.17, 15) is 4.79 Å². The number of carbonyl (C=O) groups is 1. The number of halogens is 1. The Bertz CT molecular complexity index is 905. The summed E-state index contributed by atoms with van der Waals surface area (Å²) in [6.07, 6.45) is 6.81. The highest BCUT2D eigenvalue weighted by atomic mass is 79.9. The Balaban J connectivity index is 1.54. The van der Waals surface area contributed by atoms with Crippen LogP contribution in [0.15, 0.2) is 53.0 Å². The van der Waals surface area contributed by atoms with Crippen molar-refractivity contribution in [3.8, 4) is 0 Å². The molecule has 1 aliphatic heterocycles. The van der Waals surface area contributed by atoms with Crippen LogP contribution in [0.1, 0.15) is 41.5 Å². The van der Waals surface area contributed by atoms with Gasteiger partial charge in [0.1, 0.15) is 0 Å². The van der Waals surface area contributed by atoms with Gasteiger partial charge in [0, 0.05) is 24.0 Å². The first-order chi connectivity index (χ1) is 13.6. The van der Waals surface area contributed by atoms with Crippen LogP contribution in [-0.4, -0.2) is 35.6 Å². The maximum atomic E-state index is 10.9. The summed E-state index contributed by atoms with van der Waals surface area (Å²) in [5, 5.41) is 9.01. The Kier molecular flexibility index (Phi) is 5.98. The molecular formula is C24H26BrNO2. The van der Waals surface area contributed by atoms with Gasteiger partial charge in [-0.15, -0.1) is 0 Å². The van der Waals surface area contributed by atoms with Gasteiger partial charge >= 0.3 is 5.97 Å². The third-order valence-corrected chi connectivity index (χ3v) is 6.45. The van der Waals surface area contributed by atoms with E-state index in [1.807, 2.05) is 0 Å². The average Bonchev–Trinajstić information content (AvgIpc) is 3.04. The maximum absolute atomic E-state index is 10.9. The number of likely N-dealkylation sites (tertiary alicyclic amines) is 1. The van der Waals surface area contributed by atoms with Gasteiger partial charge in [0.05, 0.1) is 0 Å². The van der Waals surface area contributed by atoms with Crippen LogP contribution in [0.4, 0.5) is 0 Å². The minimum absolute atomic E-state index is 0.299. The van der Waals surface area contributed by atoms with Crippen molar-refractivity contribution in [1.29, 1.82) is 0 Å². The number of carboxylic acid groups (broad SMARTS) is 1. The highest BCUT2D eigenvalue weighted by molar-refractivity contribution is 9.10. The minimum atomic E-state index is -0.674. The largest absolute Gasteiger partial charge is 0.481 e. The summed E-state index contributed by atoms with van der Waals surface area (Å²) in [6.45, 7) is 2.92. The molecule has 1 unspecified atom stereocenters. The van der Waals surface area contributed by atoms with E-state index >= 15 is 0 Å². The lowest BCUT2D eigenvalue weighted by Crippen LogP contribution is -2.22. The Labute approximate surface area is 175 Å². The molecule has 1 aliphatic carbocycles. The van der Waals surface area contributed by atoms with Gasteiger partial charge in [-0.3, -0.25) is 4.79 Å². The monoisotopic (exact) mass is 439 g/mol. The van der Waals surface area contributed by atoms with E-state index in [2.05, 4.69) is 69.4 Å². The molecule has 0 spiro atoms. The number of hydrogen-bond donors (Lipinski definition) is 1. The summed E-state index contributed by atoms with van der Waals surface area (Å²) < 4.78 is 1.14. The predicted octanol–water partition coefficient (Wildman–Crippen LogP) is 5.17. The smallest absolute Gasteiger partial charge is 0.303 e. The van der Waals surface area contributed by atoms with Crippen LogP contribution in [0.3, 0.4) is 0 Å². The van der Waals surface area contributed by atoms with Crippen LogP contribution >= 0.6 is 15.9 Å². The topological polar surface area (TPSA) is 40.5 Å². The zero-order chi connectivity index (χ0) is 19.5. The van der Waals surface area contributed by atoms with E-state index in [0.29, 0.717) is 12.3 Å². The van der Waals surface area contributed by atoms with Gasteiger partial charge in [-0.1, -0.05) is 52.3 Å². The van der Waals surface area contributed by atoms with Gasteiger partial charge < -0.3 is 10.0 Å². The van der Waals surface area contributed by atoms with Crippen molar-refractivity contribution in [2.75, 3.05) is 19.6 Å². The normalized spacial score (nSPS) is 20.6. The van der Waals surface area contributed by atoms with Crippen LogP contribution in [-0.2, 0) is 17.6 Å². The number of hydrogen-bond acceptors (Lipinski definition) is 2. The number of benzene rings is 2. The number of rotatable bonds is 5. The average molecular weight is 440 g/mol. The quantitative estimate of drug-likeness (QED) is 0.698. The minimum Gasteiger partial charge on any atom is -0.481 e. The lowest BCUT2D eigenvalue weighted by molar-refractivity contribution is -0.138. The molecule has 1 heterocycles. The number of nitrogens with zero attached hydrogens (tertiary/aromatic N) is 1. The second-order valence-corrected chi connectivity index (χ2v) is 8.83. The molecule has 146 valence electrons. The molecule has 1 atom stereocenters. The molecule has 0 radical (unpaired) electrons. The van der Waals surface area contributed by atoms with Gasteiger partial charge in [0.2, 0.25) is 0 Å². The molecule has 2 aromatic rings. The van der Waals surface area contributed by atoms with Crippen LogP contribution in [0.5, 0.6) is 0 Å². The predicted molar refractivity (Wildman–Crippen MR) is 116 cm³/mol. The molecule has 1 saturated heterocycles. The fraction of sp³-hybridized carbons (Fsp3) is 0.375. The SMILES string of the molecule is O=C(O)CC1CCN(CC/C=C2\c3ccccc3CCc3cc(Br)ccc32)C1. The van der Waals surface area contributed by atoms with Crippen molar-refractivity contribution < 1.29 is 9.90 Å². The summed E-state index contributed by atoms with van der Waals surface area (Å²) in [4.78, 5) is 13.4. The van der Waals surface area contributed by atoms with Gasteiger partial charge in [-0.05, 0) is 78.1 Å². The van der Waals surface area contributed by atoms with Gasteiger partial charge in [0.15, 0.2) is 0 Å². The fourth-order valence-electron chi connectivity index (χ4n) is 4.59. The lowest BCUT2D eigenvalue weighted by atomic mass is 9.93. The summed E-state index contributed by atoms with van der Waals surface area (Å²) in [5.74, 6) is -0.367. The second kappa shape index (κ2) is 8.62. The van der Waals surface area contributed by atoms with Crippen molar-refractivity contribution in [1.82, 2.24) is 4.90 Å². The summed E-state index contributed by atoms with van der Waals surface area (Å²) in [5.41, 5.74) is 6.87. The van der Waals surface area contributed by atoms with E-state index in [1.165, 1.54) is 27.8 Å². The van der Waals surface area contributed by atoms with Crippen molar-refractivity contribution >= 4 is 27.5 Å². The molecular weight excluding hydrogens is 414 g/mol. The van der Waals surface area contributed by atoms with Crippen molar-refractivity contribution in [2.24, 2.45) is 5.92 Å². The van der Waals surface area contributed by atoms with Gasteiger partial charge in [-0.25, -0.2) is 0 Å². The van der Waals surface area contributed by atoms with Crippen LogP contribution in [0.25, 0.3) is 5.57 Å². The standard InChI is InChI=1S/C24H26BrNO2/c25-20-9-10-22-19(15-20)8-7-18-4-1-2-5-21(18)23(22)6-3-12-26-13-11-17(16-26)14-24(27)28/h1-2,4-6,9-10,15,17H,3,7-8,11-14,16H2,(H,27,28)/b23-6+. The first kappa shape index (κ1) is 19.4. The van der Waals surface area contributed by atoms with Crippen molar-refractivity contribution in [3.05, 3.63) is 75.3 Å². The first-order valence-electron chi connectivity index (χ1n) is 10.1. The highest BCUT2D eigenvalue weighted by Crippen LogP contribution is 2.35. The zero-order valence-corrected chi connectivity index (χ0v) is 17.6. The first-order valence-corrected chi connectivity index (χ1v) is 10.9. The Morgan fingerprint density at radius 1 is 1.14 bits per heavy atom. The van der Waals surface area contributed by atoms with Gasteiger partial charge in [0.25, 0.3) is 0 Å². The van der Waals surface area contributed by atoms with Crippen LogP contribution < -0.4 is 0 Å². The molecule has 1 fully saturated rings.